The number of rotatable bonds is 9. The number of aliphatic hydroxyl groups is 2. The van der Waals surface area contributed by atoms with E-state index in [1.165, 1.54) is 14.2 Å². The van der Waals surface area contributed by atoms with Gasteiger partial charge in [0.1, 0.15) is 12.2 Å². The zero-order valence-corrected chi connectivity index (χ0v) is 20.7. The van der Waals surface area contributed by atoms with Crippen LogP contribution in [0.25, 0.3) is 5.69 Å². The second kappa shape index (κ2) is 10.5. The predicted octanol–water partition coefficient (Wildman–Crippen LogP) is 4.85. The number of methoxy groups -OCH3 is 2. The zero-order valence-electron chi connectivity index (χ0n) is 19.9. The Morgan fingerprint density at radius 2 is 1.79 bits per heavy atom. The van der Waals surface area contributed by atoms with Crippen molar-refractivity contribution in [3.05, 3.63) is 76.6 Å². The van der Waals surface area contributed by atoms with Crippen molar-refractivity contribution in [3.8, 4) is 17.2 Å². The van der Waals surface area contributed by atoms with Crippen LogP contribution in [0.2, 0.25) is 5.02 Å². The molecule has 1 heterocycles. The van der Waals surface area contributed by atoms with Crippen LogP contribution in [0.1, 0.15) is 49.8 Å². The number of carbonyl (C=O) groups is 1. The Morgan fingerprint density at radius 3 is 2.44 bits per heavy atom. The van der Waals surface area contributed by atoms with E-state index in [1.807, 2.05) is 0 Å². The molecule has 0 aliphatic heterocycles. The predicted molar refractivity (Wildman–Crippen MR) is 130 cm³/mol. The number of para-hydroxylation sites is 1. The van der Waals surface area contributed by atoms with Crippen LogP contribution in [0.15, 0.2) is 54.7 Å². The summed E-state index contributed by atoms with van der Waals surface area (Å²) < 4.78 is 17.8. The molecule has 0 saturated carbocycles. The van der Waals surface area contributed by atoms with E-state index < -0.39 is 23.6 Å². The Hall–Kier alpha value is -3.00. The molecule has 182 valence electrons. The quantitative estimate of drug-likeness (QED) is 0.419. The van der Waals surface area contributed by atoms with E-state index >= 15 is 0 Å². The van der Waals surface area contributed by atoms with Gasteiger partial charge in [-0.1, -0.05) is 23.7 Å². The van der Waals surface area contributed by atoms with E-state index in [0.717, 1.165) is 0 Å². The molecule has 1 aromatic heterocycles. The minimum Gasteiger partial charge on any atom is -0.493 e. The number of hydrogen-bond donors (Lipinski definition) is 2. The third-order valence-corrected chi connectivity index (χ3v) is 6.05. The Balaban J connectivity index is 2.13. The van der Waals surface area contributed by atoms with Gasteiger partial charge in [-0.2, -0.15) is 0 Å². The molecule has 34 heavy (non-hydrogen) atoms. The first kappa shape index (κ1) is 25.6. The third kappa shape index (κ3) is 4.78. The SMILES string of the molecule is CCOC(=O)C(C)(C)C(O)c1cccn1-c1ccc(Cl)cc1C(O)c1cccc(OC)c1OC. The molecule has 2 aromatic carbocycles. The second-order valence-corrected chi connectivity index (χ2v) is 8.77. The van der Waals surface area contributed by atoms with Crippen LogP contribution in [0, 0.1) is 5.41 Å². The fraction of sp³-hybridized carbons (Fsp3) is 0.346. The number of aromatic nitrogens is 1. The summed E-state index contributed by atoms with van der Waals surface area (Å²) in [6.45, 7) is 5.20. The summed E-state index contributed by atoms with van der Waals surface area (Å²) >= 11 is 6.31. The van der Waals surface area contributed by atoms with Gasteiger partial charge in [0.25, 0.3) is 0 Å². The maximum atomic E-state index is 12.5. The van der Waals surface area contributed by atoms with Crippen molar-refractivity contribution in [1.82, 2.24) is 4.57 Å². The van der Waals surface area contributed by atoms with Gasteiger partial charge in [-0.25, -0.2) is 0 Å². The van der Waals surface area contributed by atoms with E-state index in [4.69, 9.17) is 25.8 Å². The van der Waals surface area contributed by atoms with Crippen molar-refractivity contribution in [1.29, 1.82) is 0 Å². The number of nitrogens with zero attached hydrogens (tertiary/aromatic N) is 1. The Bertz CT molecular complexity index is 1160. The average Bonchev–Trinajstić information content (AvgIpc) is 3.31. The lowest BCUT2D eigenvalue weighted by Crippen LogP contribution is -2.34. The van der Waals surface area contributed by atoms with E-state index in [2.05, 4.69) is 0 Å². The average molecular weight is 488 g/mol. The first-order valence-corrected chi connectivity index (χ1v) is 11.3. The molecule has 2 atom stereocenters. The molecule has 3 rings (SSSR count). The Kier molecular flexibility index (Phi) is 7.92. The molecule has 0 fully saturated rings. The van der Waals surface area contributed by atoms with Crippen molar-refractivity contribution >= 4 is 17.6 Å². The molecule has 0 saturated heterocycles. The molecule has 7 nitrogen and oxygen atoms in total. The van der Waals surface area contributed by atoms with E-state index in [-0.39, 0.29) is 6.61 Å². The first-order valence-electron chi connectivity index (χ1n) is 10.9. The van der Waals surface area contributed by atoms with Crippen LogP contribution in [-0.4, -0.2) is 41.6 Å². The largest absolute Gasteiger partial charge is 0.493 e. The van der Waals surface area contributed by atoms with Crippen LogP contribution in [-0.2, 0) is 9.53 Å². The second-order valence-electron chi connectivity index (χ2n) is 8.34. The molecule has 0 bridgehead atoms. The van der Waals surface area contributed by atoms with Gasteiger partial charge in [-0.15, -0.1) is 0 Å². The van der Waals surface area contributed by atoms with Crippen molar-refractivity contribution < 1.29 is 29.2 Å². The fourth-order valence-electron chi connectivity index (χ4n) is 3.89. The van der Waals surface area contributed by atoms with Crippen LogP contribution >= 0.6 is 11.6 Å². The standard InChI is InChI=1S/C26H30ClNO6/c1-6-34-25(31)26(2,3)24(30)20-10-8-14-28(20)19-13-12-16(27)15-18(19)22(29)17-9-7-11-21(32-4)23(17)33-5/h7-15,22,24,29-30H,6H2,1-5H3. The summed E-state index contributed by atoms with van der Waals surface area (Å²) in [6, 6.07) is 13.8. The van der Waals surface area contributed by atoms with E-state index in [0.29, 0.717) is 39.0 Å². The highest BCUT2D eigenvalue weighted by Gasteiger charge is 2.40. The molecule has 0 aliphatic rings. The summed E-state index contributed by atoms with van der Waals surface area (Å²) in [7, 11) is 3.03. The summed E-state index contributed by atoms with van der Waals surface area (Å²) in [5.41, 5.74) is 0.823. The molecule has 0 radical (unpaired) electrons. The summed E-state index contributed by atoms with van der Waals surface area (Å²) in [6.07, 6.45) is -0.542. The minimum absolute atomic E-state index is 0.214. The molecule has 0 amide bonds. The maximum absolute atomic E-state index is 12.5. The van der Waals surface area contributed by atoms with Crippen molar-refractivity contribution in [2.75, 3.05) is 20.8 Å². The number of esters is 1. The molecular formula is C26H30ClNO6. The van der Waals surface area contributed by atoms with Crippen LogP contribution in [0.5, 0.6) is 11.5 Å². The topological polar surface area (TPSA) is 90.2 Å². The maximum Gasteiger partial charge on any atom is 0.314 e. The highest BCUT2D eigenvalue weighted by atomic mass is 35.5. The number of ether oxygens (including phenoxy) is 3. The van der Waals surface area contributed by atoms with Gasteiger partial charge in [0.2, 0.25) is 0 Å². The van der Waals surface area contributed by atoms with Crippen molar-refractivity contribution in [3.63, 3.8) is 0 Å². The molecule has 2 unspecified atom stereocenters. The summed E-state index contributed by atoms with van der Waals surface area (Å²) in [5.74, 6) is 0.378. The number of hydrogen-bond acceptors (Lipinski definition) is 6. The van der Waals surface area contributed by atoms with Gasteiger partial charge < -0.3 is 29.0 Å². The van der Waals surface area contributed by atoms with Gasteiger partial charge in [0, 0.05) is 22.3 Å². The third-order valence-electron chi connectivity index (χ3n) is 5.82. The lowest BCUT2D eigenvalue weighted by molar-refractivity contribution is -0.160. The minimum atomic E-state index is -1.20. The van der Waals surface area contributed by atoms with Gasteiger partial charge >= 0.3 is 5.97 Å². The lowest BCUT2D eigenvalue weighted by Gasteiger charge is -2.29. The van der Waals surface area contributed by atoms with Gasteiger partial charge in [-0.05, 0) is 57.2 Å². The Morgan fingerprint density at radius 1 is 1.06 bits per heavy atom. The molecule has 0 aliphatic carbocycles. The number of aliphatic hydroxyl groups excluding tert-OH is 2. The van der Waals surface area contributed by atoms with Gasteiger partial charge in [0.05, 0.1) is 37.6 Å². The van der Waals surface area contributed by atoms with E-state index in [9.17, 15) is 15.0 Å². The molecule has 2 N–H and O–H groups in total. The van der Waals surface area contributed by atoms with E-state index in [1.54, 1.807) is 80.1 Å². The number of halogens is 1. The summed E-state index contributed by atoms with van der Waals surface area (Å²) in [5, 5.41) is 23.0. The smallest absolute Gasteiger partial charge is 0.314 e. The molecular weight excluding hydrogens is 458 g/mol. The lowest BCUT2D eigenvalue weighted by atomic mass is 9.84. The molecule has 8 heteroatoms. The van der Waals surface area contributed by atoms with Gasteiger partial charge in [0.15, 0.2) is 11.5 Å². The highest BCUT2D eigenvalue weighted by molar-refractivity contribution is 6.30. The molecule has 0 spiro atoms. The van der Waals surface area contributed by atoms with Crippen molar-refractivity contribution in [2.45, 2.75) is 33.0 Å². The van der Waals surface area contributed by atoms with Crippen LogP contribution in [0.4, 0.5) is 0 Å². The zero-order chi connectivity index (χ0) is 25.0. The van der Waals surface area contributed by atoms with Crippen LogP contribution < -0.4 is 9.47 Å². The highest BCUT2D eigenvalue weighted by Crippen LogP contribution is 2.41. The number of carbonyl (C=O) groups excluding carboxylic acids is 1. The first-order chi connectivity index (χ1) is 16.2. The molecule has 3 aromatic rings. The monoisotopic (exact) mass is 487 g/mol. The van der Waals surface area contributed by atoms with Crippen molar-refractivity contribution in [2.24, 2.45) is 5.41 Å². The normalized spacial score (nSPS) is 13.3. The van der Waals surface area contributed by atoms with Gasteiger partial charge in [-0.3, -0.25) is 4.79 Å². The summed E-state index contributed by atoms with van der Waals surface area (Å²) in [4.78, 5) is 12.5. The fourth-order valence-corrected chi connectivity index (χ4v) is 4.07. The number of benzene rings is 2. The Labute approximate surface area is 204 Å². The van der Waals surface area contributed by atoms with Crippen LogP contribution in [0.3, 0.4) is 0 Å².